The van der Waals surface area contributed by atoms with Gasteiger partial charge in [0.25, 0.3) is 11.7 Å². The maximum absolute atomic E-state index is 12.6. The number of aromatic nitrogens is 4. The highest BCUT2D eigenvalue weighted by Gasteiger charge is 2.17. The molecule has 2 heterocycles. The number of carbonyl (C=O) groups is 1. The minimum Gasteiger partial charge on any atom is -0.343 e. The van der Waals surface area contributed by atoms with E-state index in [-0.39, 0.29) is 17.8 Å². The van der Waals surface area contributed by atoms with Gasteiger partial charge in [-0.05, 0) is 49.2 Å². The standard InChI is InChI=1S/C20H19N5O/c1-12-10-13(2)25-20(21-12)23-18(24-25)19(26)22-14(3)16-9-8-15-6-4-5-7-17(15)11-16/h4-11,14H,1-3H3,(H,22,26)/t14-/m1/s1. The minimum absolute atomic E-state index is 0.124. The molecule has 1 atom stereocenters. The third-order valence-electron chi connectivity index (χ3n) is 4.44. The van der Waals surface area contributed by atoms with Crippen LogP contribution in [0.2, 0.25) is 0 Å². The van der Waals surface area contributed by atoms with E-state index in [1.807, 2.05) is 45.0 Å². The number of carbonyl (C=O) groups excluding carboxylic acids is 1. The van der Waals surface area contributed by atoms with Crippen molar-refractivity contribution in [1.82, 2.24) is 24.9 Å². The lowest BCUT2D eigenvalue weighted by atomic mass is 10.0. The Balaban J connectivity index is 1.59. The second-order valence-electron chi connectivity index (χ2n) is 6.49. The molecule has 0 saturated heterocycles. The van der Waals surface area contributed by atoms with E-state index in [2.05, 4.69) is 44.6 Å². The van der Waals surface area contributed by atoms with Crippen LogP contribution < -0.4 is 5.32 Å². The molecule has 0 radical (unpaired) electrons. The first-order valence-electron chi connectivity index (χ1n) is 8.52. The van der Waals surface area contributed by atoms with Crippen LogP contribution in [0.4, 0.5) is 0 Å². The van der Waals surface area contributed by atoms with E-state index in [4.69, 9.17) is 0 Å². The molecule has 1 amide bonds. The van der Waals surface area contributed by atoms with Gasteiger partial charge in [0.05, 0.1) is 6.04 Å². The normalized spacial score (nSPS) is 12.4. The molecule has 2 aromatic carbocycles. The molecule has 0 unspecified atom stereocenters. The third kappa shape index (κ3) is 2.90. The first-order valence-corrected chi connectivity index (χ1v) is 8.52. The summed E-state index contributed by atoms with van der Waals surface area (Å²) in [7, 11) is 0. The van der Waals surface area contributed by atoms with Gasteiger partial charge >= 0.3 is 0 Å². The predicted molar refractivity (Wildman–Crippen MR) is 100 cm³/mol. The summed E-state index contributed by atoms with van der Waals surface area (Å²) in [6.07, 6.45) is 0. The summed E-state index contributed by atoms with van der Waals surface area (Å²) in [5.41, 5.74) is 2.77. The highest BCUT2D eigenvalue weighted by atomic mass is 16.2. The van der Waals surface area contributed by atoms with Crippen molar-refractivity contribution in [3.05, 3.63) is 71.3 Å². The molecule has 0 fully saturated rings. The molecule has 0 bridgehead atoms. The number of hydrogen-bond donors (Lipinski definition) is 1. The Labute approximate surface area is 150 Å². The largest absolute Gasteiger partial charge is 0.343 e. The number of aryl methyl sites for hydroxylation is 2. The maximum Gasteiger partial charge on any atom is 0.291 e. The number of fused-ring (bicyclic) bond motifs is 2. The molecule has 4 rings (SSSR count). The van der Waals surface area contributed by atoms with Crippen molar-refractivity contribution in [2.24, 2.45) is 0 Å². The zero-order valence-electron chi connectivity index (χ0n) is 14.9. The average Bonchev–Trinajstić information content (AvgIpc) is 3.05. The summed E-state index contributed by atoms with van der Waals surface area (Å²) >= 11 is 0. The molecular weight excluding hydrogens is 326 g/mol. The van der Waals surface area contributed by atoms with Crippen LogP contribution in [-0.2, 0) is 0 Å². The van der Waals surface area contributed by atoms with E-state index in [0.717, 1.165) is 22.3 Å². The van der Waals surface area contributed by atoms with Gasteiger partial charge in [-0.1, -0.05) is 36.4 Å². The first-order chi connectivity index (χ1) is 12.5. The Hall–Kier alpha value is -3.28. The fourth-order valence-corrected chi connectivity index (χ4v) is 3.08. The fraction of sp³-hybridized carbons (Fsp3) is 0.200. The number of benzene rings is 2. The second-order valence-corrected chi connectivity index (χ2v) is 6.49. The summed E-state index contributed by atoms with van der Waals surface area (Å²) in [5, 5.41) is 9.57. The zero-order valence-corrected chi connectivity index (χ0v) is 14.9. The smallest absolute Gasteiger partial charge is 0.291 e. The van der Waals surface area contributed by atoms with Crippen LogP contribution in [0.5, 0.6) is 0 Å². The molecular formula is C20H19N5O. The maximum atomic E-state index is 12.6. The molecule has 0 spiro atoms. The minimum atomic E-state index is -0.312. The van der Waals surface area contributed by atoms with Crippen molar-refractivity contribution in [2.75, 3.05) is 0 Å². The van der Waals surface area contributed by atoms with Crippen molar-refractivity contribution in [3.8, 4) is 0 Å². The molecule has 26 heavy (non-hydrogen) atoms. The number of nitrogens with one attached hydrogen (secondary N) is 1. The topological polar surface area (TPSA) is 72.2 Å². The summed E-state index contributed by atoms with van der Waals surface area (Å²) < 4.78 is 1.59. The fourth-order valence-electron chi connectivity index (χ4n) is 3.08. The number of amides is 1. The third-order valence-corrected chi connectivity index (χ3v) is 4.44. The molecule has 0 aliphatic heterocycles. The Morgan fingerprint density at radius 1 is 1.04 bits per heavy atom. The van der Waals surface area contributed by atoms with E-state index >= 15 is 0 Å². The number of rotatable bonds is 3. The molecule has 6 heteroatoms. The monoisotopic (exact) mass is 345 g/mol. The van der Waals surface area contributed by atoms with Crippen LogP contribution in [0.15, 0.2) is 48.5 Å². The van der Waals surface area contributed by atoms with Crippen molar-refractivity contribution in [3.63, 3.8) is 0 Å². The highest BCUT2D eigenvalue weighted by Crippen LogP contribution is 2.20. The molecule has 0 aliphatic carbocycles. The Morgan fingerprint density at radius 2 is 1.81 bits per heavy atom. The molecule has 4 aromatic rings. The lowest BCUT2D eigenvalue weighted by molar-refractivity contribution is 0.0929. The Bertz CT molecular complexity index is 1130. The Kier molecular flexibility index (Phi) is 3.88. The molecule has 130 valence electrons. The molecule has 6 nitrogen and oxygen atoms in total. The van der Waals surface area contributed by atoms with Crippen LogP contribution >= 0.6 is 0 Å². The summed E-state index contributed by atoms with van der Waals surface area (Å²) in [6.45, 7) is 5.75. The van der Waals surface area contributed by atoms with Crippen LogP contribution in [0.1, 0.15) is 40.5 Å². The van der Waals surface area contributed by atoms with E-state index < -0.39 is 0 Å². The van der Waals surface area contributed by atoms with Crippen LogP contribution in [0.3, 0.4) is 0 Å². The molecule has 1 N–H and O–H groups in total. The lowest BCUT2D eigenvalue weighted by Crippen LogP contribution is -2.27. The first kappa shape index (κ1) is 16.2. The van der Waals surface area contributed by atoms with Gasteiger partial charge in [0.1, 0.15) is 0 Å². The van der Waals surface area contributed by atoms with Crippen molar-refractivity contribution >= 4 is 22.5 Å². The Morgan fingerprint density at radius 3 is 2.62 bits per heavy atom. The van der Waals surface area contributed by atoms with Gasteiger partial charge in [-0.15, -0.1) is 5.10 Å². The van der Waals surface area contributed by atoms with E-state index in [9.17, 15) is 4.79 Å². The van der Waals surface area contributed by atoms with E-state index in [0.29, 0.717) is 5.78 Å². The lowest BCUT2D eigenvalue weighted by Gasteiger charge is -2.13. The quantitative estimate of drug-likeness (QED) is 0.618. The summed E-state index contributed by atoms with van der Waals surface area (Å²) in [4.78, 5) is 21.2. The second kappa shape index (κ2) is 6.22. The van der Waals surface area contributed by atoms with Gasteiger partial charge in [-0.25, -0.2) is 9.50 Å². The van der Waals surface area contributed by atoms with Crippen molar-refractivity contribution < 1.29 is 4.79 Å². The molecule has 0 saturated carbocycles. The van der Waals surface area contributed by atoms with Crippen LogP contribution in [-0.4, -0.2) is 25.5 Å². The molecule has 2 aromatic heterocycles. The average molecular weight is 345 g/mol. The van der Waals surface area contributed by atoms with Gasteiger partial charge in [0.2, 0.25) is 5.82 Å². The number of hydrogen-bond acceptors (Lipinski definition) is 4. The zero-order chi connectivity index (χ0) is 18.3. The van der Waals surface area contributed by atoms with Gasteiger partial charge in [-0.2, -0.15) is 4.98 Å². The predicted octanol–water partition coefficient (Wildman–Crippen LogP) is 3.39. The van der Waals surface area contributed by atoms with Gasteiger partial charge in [0.15, 0.2) is 0 Å². The van der Waals surface area contributed by atoms with Crippen LogP contribution in [0.25, 0.3) is 16.6 Å². The van der Waals surface area contributed by atoms with Gasteiger partial charge in [-0.3, -0.25) is 4.79 Å². The van der Waals surface area contributed by atoms with E-state index in [1.54, 1.807) is 4.52 Å². The number of nitrogens with zero attached hydrogens (tertiary/aromatic N) is 4. The summed E-state index contributed by atoms with van der Waals surface area (Å²) in [6, 6.07) is 16.1. The van der Waals surface area contributed by atoms with Gasteiger partial charge in [0, 0.05) is 11.4 Å². The van der Waals surface area contributed by atoms with Crippen molar-refractivity contribution in [2.45, 2.75) is 26.8 Å². The summed E-state index contributed by atoms with van der Waals surface area (Å²) in [5.74, 6) is 0.248. The highest BCUT2D eigenvalue weighted by molar-refractivity contribution is 5.91. The van der Waals surface area contributed by atoms with Crippen LogP contribution in [0, 0.1) is 13.8 Å². The van der Waals surface area contributed by atoms with E-state index in [1.165, 1.54) is 5.39 Å². The van der Waals surface area contributed by atoms with Crippen molar-refractivity contribution in [1.29, 1.82) is 0 Å². The van der Waals surface area contributed by atoms with Gasteiger partial charge < -0.3 is 5.32 Å². The SMILES string of the molecule is Cc1cc(C)n2nc(C(=O)N[C@H](C)c3ccc4ccccc4c3)nc2n1. The molecule has 0 aliphatic rings.